The fourth-order valence-electron chi connectivity index (χ4n) is 4.08. The second-order valence-corrected chi connectivity index (χ2v) is 7.00. The Bertz CT molecular complexity index is 425. The molecule has 1 heterocycles. The molecule has 1 aromatic carbocycles. The topological polar surface area (TPSA) is 12.5 Å². The van der Waals surface area contributed by atoms with Crippen LogP contribution in [0, 0.1) is 5.92 Å². The third-order valence-corrected chi connectivity index (χ3v) is 5.62. The van der Waals surface area contributed by atoms with Gasteiger partial charge in [-0.25, -0.2) is 0 Å². The number of likely N-dealkylation sites (tertiary alicyclic amines) is 1. The molecule has 0 N–H and O–H groups in total. The van der Waals surface area contributed by atoms with Crippen molar-refractivity contribution in [1.82, 2.24) is 4.90 Å². The molecule has 1 saturated carbocycles. The minimum Gasteiger partial charge on any atom is -0.497 e. The van der Waals surface area contributed by atoms with Crippen LogP contribution in [0.15, 0.2) is 24.3 Å². The molecule has 0 unspecified atom stereocenters. The smallest absolute Gasteiger partial charge is 0.118 e. The molecule has 1 aromatic rings. The molecular weight excluding hydrogens is 258 g/mol. The van der Waals surface area contributed by atoms with E-state index in [1.165, 1.54) is 57.2 Å². The molecule has 116 valence electrons. The summed E-state index contributed by atoms with van der Waals surface area (Å²) in [6.45, 7) is 4.98. The summed E-state index contributed by atoms with van der Waals surface area (Å²) in [5, 5.41) is 0. The minimum atomic E-state index is 0.745. The third kappa shape index (κ3) is 3.60. The van der Waals surface area contributed by atoms with Gasteiger partial charge < -0.3 is 9.64 Å². The zero-order chi connectivity index (χ0) is 14.7. The standard InChI is InChI=1S/C19H29NO/c1-15-3-7-18(8-4-15)20-13-11-17(12-14-20)16-5-9-19(21-2)10-6-16/h5-6,9-10,15,17-18H,3-4,7-8,11-14H2,1-2H3. The fourth-order valence-corrected chi connectivity index (χ4v) is 4.08. The summed E-state index contributed by atoms with van der Waals surface area (Å²) < 4.78 is 5.25. The Balaban J connectivity index is 1.52. The summed E-state index contributed by atoms with van der Waals surface area (Å²) in [5.74, 6) is 2.67. The van der Waals surface area contributed by atoms with Gasteiger partial charge in [0.1, 0.15) is 5.75 Å². The zero-order valence-electron chi connectivity index (χ0n) is 13.6. The Labute approximate surface area is 129 Å². The van der Waals surface area contributed by atoms with E-state index in [4.69, 9.17) is 4.74 Å². The predicted molar refractivity (Wildman–Crippen MR) is 88.0 cm³/mol. The van der Waals surface area contributed by atoms with Crippen molar-refractivity contribution in [2.24, 2.45) is 5.92 Å². The molecular formula is C19H29NO. The van der Waals surface area contributed by atoms with Gasteiger partial charge in [0, 0.05) is 6.04 Å². The maximum atomic E-state index is 5.25. The van der Waals surface area contributed by atoms with Gasteiger partial charge in [0.05, 0.1) is 7.11 Å². The maximum Gasteiger partial charge on any atom is 0.118 e. The van der Waals surface area contributed by atoms with Gasteiger partial charge in [0.15, 0.2) is 0 Å². The van der Waals surface area contributed by atoms with Gasteiger partial charge in [0.2, 0.25) is 0 Å². The van der Waals surface area contributed by atoms with Gasteiger partial charge in [-0.1, -0.05) is 19.1 Å². The van der Waals surface area contributed by atoms with E-state index in [9.17, 15) is 0 Å². The lowest BCUT2D eigenvalue weighted by molar-refractivity contribution is 0.110. The van der Waals surface area contributed by atoms with Crippen LogP contribution in [0.1, 0.15) is 56.9 Å². The number of methoxy groups -OCH3 is 1. The monoisotopic (exact) mass is 287 g/mol. The van der Waals surface area contributed by atoms with Gasteiger partial charge in [-0.15, -0.1) is 0 Å². The highest BCUT2D eigenvalue weighted by molar-refractivity contribution is 5.29. The summed E-state index contributed by atoms with van der Waals surface area (Å²) in [7, 11) is 1.73. The average Bonchev–Trinajstić information content (AvgIpc) is 2.56. The number of ether oxygens (including phenoxy) is 1. The van der Waals surface area contributed by atoms with Crippen LogP contribution < -0.4 is 4.74 Å². The average molecular weight is 287 g/mol. The van der Waals surface area contributed by atoms with Crippen molar-refractivity contribution >= 4 is 0 Å². The number of benzene rings is 1. The largest absolute Gasteiger partial charge is 0.497 e. The molecule has 0 spiro atoms. The zero-order valence-corrected chi connectivity index (χ0v) is 13.6. The molecule has 2 fully saturated rings. The summed E-state index contributed by atoms with van der Waals surface area (Å²) in [5.41, 5.74) is 1.49. The van der Waals surface area contributed by atoms with E-state index in [0.29, 0.717) is 0 Å². The van der Waals surface area contributed by atoms with Gasteiger partial charge in [-0.05, 0) is 81.1 Å². The Morgan fingerprint density at radius 2 is 1.52 bits per heavy atom. The molecule has 21 heavy (non-hydrogen) atoms. The highest BCUT2D eigenvalue weighted by Crippen LogP contribution is 2.33. The molecule has 1 aliphatic carbocycles. The first-order valence-electron chi connectivity index (χ1n) is 8.64. The van der Waals surface area contributed by atoms with Crippen LogP contribution in [0.4, 0.5) is 0 Å². The van der Waals surface area contributed by atoms with E-state index in [2.05, 4.69) is 36.1 Å². The predicted octanol–water partition coefficient (Wildman–Crippen LogP) is 4.45. The molecule has 0 aromatic heterocycles. The molecule has 0 amide bonds. The lowest BCUT2D eigenvalue weighted by Crippen LogP contribution is -2.42. The maximum absolute atomic E-state index is 5.25. The fraction of sp³-hybridized carbons (Fsp3) is 0.684. The third-order valence-electron chi connectivity index (χ3n) is 5.62. The van der Waals surface area contributed by atoms with Crippen molar-refractivity contribution in [2.75, 3.05) is 20.2 Å². The van der Waals surface area contributed by atoms with Gasteiger partial charge in [-0.3, -0.25) is 0 Å². The highest BCUT2D eigenvalue weighted by Gasteiger charge is 2.28. The Morgan fingerprint density at radius 3 is 2.10 bits per heavy atom. The van der Waals surface area contributed by atoms with E-state index in [0.717, 1.165) is 23.6 Å². The van der Waals surface area contributed by atoms with Crippen LogP contribution in [-0.2, 0) is 0 Å². The first-order chi connectivity index (χ1) is 10.3. The number of rotatable bonds is 3. The summed E-state index contributed by atoms with van der Waals surface area (Å²) in [6.07, 6.45) is 8.35. The van der Waals surface area contributed by atoms with E-state index in [1.54, 1.807) is 7.11 Å². The molecule has 0 bridgehead atoms. The first-order valence-corrected chi connectivity index (χ1v) is 8.64. The van der Waals surface area contributed by atoms with Gasteiger partial charge in [-0.2, -0.15) is 0 Å². The number of hydrogen-bond acceptors (Lipinski definition) is 2. The normalized spacial score (nSPS) is 28.5. The molecule has 2 heteroatoms. The lowest BCUT2D eigenvalue weighted by atomic mass is 9.84. The van der Waals surface area contributed by atoms with Crippen molar-refractivity contribution in [3.63, 3.8) is 0 Å². The number of hydrogen-bond donors (Lipinski definition) is 0. The summed E-state index contributed by atoms with van der Waals surface area (Å²) >= 11 is 0. The minimum absolute atomic E-state index is 0.745. The SMILES string of the molecule is COc1ccc(C2CCN(C3CCC(C)CC3)CC2)cc1. The van der Waals surface area contributed by atoms with E-state index in [1.807, 2.05) is 0 Å². The first kappa shape index (κ1) is 14.9. The molecule has 0 atom stereocenters. The highest BCUT2D eigenvalue weighted by atomic mass is 16.5. The van der Waals surface area contributed by atoms with Crippen LogP contribution in [0.25, 0.3) is 0 Å². The van der Waals surface area contributed by atoms with Crippen molar-refractivity contribution < 1.29 is 4.74 Å². The molecule has 3 rings (SSSR count). The number of piperidine rings is 1. The second-order valence-electron chi connectivity index (χ2n) is 7.00. The van der Waals surface area contributed by atoms with Crippen molar-refractivity contribution in [2.45, 2.75) is 57.4 Å². The lowest BCUT2D eigenvalue weighted by Gasteiger charge is -2.40. The quantitative estimate of drug-likeness (QED) is 0.814. The second kappa shape index (κ2) is 6.83. The van der Waals surface area contributed by atoms with Gasteiger partial charge >= 0.3 is 0 Å². The van der Waals surface area contributed by atoms with Crippen LogP contribution in [0.5, 0.6) is 5.75 Å². The van der Waals surface area contributed by atoms with Crippen LogP contribution in [0.3, 0.4) is 0 Å². The number of nitrogens with zero attached hydrogens (tertiary/aromatic N) is 1. The van der Waals surface area contributed by atoms with E-state index < -0.39 is 0 Å². The molecule has 0 radical (unpaired) electrons. The summed E-state index contributed by atoms with van der Waals surface area (Å²) in [6, 6.07) is 9.58. The van der Waals surface area contributed by atoms with Crippen LogP contribution >= 0.6 is 0 Å². The van der Waals surface area contributed by atoms with Crippen molar-refractivity contribution in [3.8, 4) is 5.75 Å². The van der Waals surface area contributed by atoms with Crippen molar-refractivity contribution in [3.05, 3.63) is 29.8 Å². The molecule has 1 aliphatic heterocycles. The van der Waals surface area contributed by atoms with E-state index in [-0.39, 0.29) is 0 Å². The molecule has 2 aliphatic rings. The Hall–Kier alpha value is -1.02. The Morgan fingerprint density at radius 1 is 0.905 bits per heavy atom. The van der Waals surface area contributed by atoms with Crippen LogP contribution in [0.2, 0.25) is 0 Å². The summed E-state index contributed by atoms with van der Waals surface area (Å²) in [4.78, 5) is 2.77. The van der Waals surface area contributed by atoms with E-state index >= 15 is 0 Å². The molecule has 1 saturated heterocycles. The molecule has 2 nitrogen and oxygen atoms in total. The van der Waals surface area contributed by atoms with Crippen LogP contribution in [-0.4, -0.2) is 31.1 Å². The van der Waals surface area contributed by atoms with Crippen molar-refractivity contribution in [1.29, 1.82) is 0 Å². The van der Waals surface area contributed by atoms with Gasteiger partial charge in [0.25, 0.3) is 0 Å². The Kier molecular flexibility index (Phi) is 4.84.